The maximum atomic E-state index is 12.2. The number of nitrogens with one attached hydrogen (secondary N) is 2. The summed E-state index contributed by atoms with van der Waals surface area (Å²) in [6, 6.07) is -3.40. The first-order chi connectivity index (χ1) is 13.6. The van der Waals surface area contributed by atoms with Crippen LogP contribution in [-0.2, 0) is 15.1 Å². The zero-order valence-corrected chi connectivity index (χ0v) is 15.9. The number of aliphatic hydroxyl groups excluding tert-OH is 2. The summed E-state index contributed by atoms with van der Waals surface area (Å²) in [6.45, 7) is 1.21. The topological polar surface area (TPSA) is 227 Å². The van der Waals surface area contributed by atoms with Gasteiger partial charge in [-0.05, 0) is 32.1 Å². The first kappa shape index (κ1) is 22.5. The van der Waals surface area contributed by atoms with Gasteiger partial charge in [0.05, 0.1) is 11.6 Å². The lowest BCUT2D eigenvalue weighted by molar-refractivity contribution is -0.141. The molecule has 162 valence electrons. The standard InChI is InChI=1S/C16H26N6O7/c1-7(24)11(13(26)27)20-15(28)19-9(2-3-10(17)25)12-21-22-14(29-12)16(18)4-8(5-16)6-23/h7-9,11,23-24H,2-6,18H2,1H3,(H2,17,25)(H,26,27)(H2,19,20,28)/t7-,8?,9+,11+,16?/m1/s1. The number of amides is 3. The van der Waals surface area contributed by atoms with Crippen molar-refractivity contribution in [2.24, 2.45) is 17.4 Å². The van der Waals surface area contributed by atoms with Crippen LogP contribution in [0.4, 0.5) is 4.79 Å². The number of carbonyl (C=O) groups is 3. The van der Waals surface area contributed by atoms with E-state index >= 15 is 0 Å². The minimum absolute atomic E-state index is 0.00304. The first-order valence-electron chi connectivity index (χ1n) is 9.05. The molecule has 2 rings (SSSR count). The third-order valence-electron chi connectivity index (χ3n) is 4.75. The molecule has 0 aromatic carbocycles. The number of aromatic nitrogens is 2. The van der Waals surface area contributed by atoms with E-state index in [1.165, 1.54) is 6.92 Å². The highest BCUT2D eigenvalue weighted by Crippen LogP contribution is 2.42. The van der Waals surface area contributed by atoms with Crippen molar-refractivity contribution in [1.29, 1.82) is 0 Å². The van der Waals surface area contributed by atoms with E-state index in [4.69, 9.17) is 26.1 Å². The zero-order valence-electron chi connectivity index (χ0n) is 15.9. The van der Waals surface area contributed by atoms with Gasteiger partial charge in [-0.1, -0.05) is 0 Å². The van der Waals surface area contributed by atoms with Crippen molar-refractivity contribution in [1.82, 2.24) is 20.8 Å². The third kappa shape index (κ3) is 5.62. The predicted molar refractivity (Wildman–Crippen MR) is 95.9 cm³/mol. The Bertz CT molecular complexity index is 746. The molecule has 0 bridgehead atoms. The van der Waals surface area contributed by atoms with Gasteiger partial charge in [0.15, 0.2) is 6.04 Å². The summed E-state index contributed by atoms with van der Waals surface area (Å²) in [5.41, 5.74) is 10.5. The molecule has 1 saturated carbocycles. The molecule has 1 aromatic heterocycles. The second-order valence-electron chi connectivity index (χ2n) is 7.29. The van der Waals surface area contributed by atoms with Crippen molar-refractivity contribution >= 4 is 17.9 Å². The molecule has 9 N–H and O–H groups in total. The summed E-state index contributed by atoms with van der Waals surface area (Å²) in [7, 11) is 0. The third-order valence-corrected chi connectivity index (χ3v) is 4.75. The maximum absolute atomic E-state index is 12.2. The van der Waals surface area contributed by atoms with Crippen molar-refractivity contribution in [2.45, 2.75) is 56.3 Å². The molecule has 1 aliphatic rings. The SMILES string of the molecule is C[C@@H](O)[C@H](NC(=O)N[C@@H](CCC(N)=O)c1nnc(C2(N)CC(CO)C2)o1)C(=O)O. The van der Waals surface area contributed by atoms with Gasteiger partial charge in [-0.25, -0.2) is 9.59 Å². The van der Waals surface area contributed by atoms with Crippen LogP contribution >= 0.6 is 0 Å². The molecule has 13 nitrogen and oxygen atoms in total. The van der Waals surface area contributed by atoms with Crippen molar-refractivity contribution in [3.63, 3.8) is 0 Å². The van der Waals surface area contributed by atoms with Gasteiger partial charge in [-0.3, -0.25) is 4.79 Å². The number of nitrogens with zero attached hydrogens (tertiary/aromatic N) is 2. The van der Waals surface area contributed by atoms with Crippen molar-refractivity contribution in [3.05, 3.63) is 11.8 Å². The van der Waals surface area contributed by atoms with Crippen LogP contribution in [0.15, 0.2) is 4.42 Å². The van der Waals surface area contributed by atoms with E-state index in [1.54, 1.807) is 0 Å². The van der Waals surface area contributed by atoms with E-state index in [9.17, 15) is 19.5 Å². The fraction of sp³-hybridized carbons (Fsp3) is 0.688. The van der Waals surface area contributed by atoms with Gasteiger partial charge in [0, 0.05) is 13.0 Å². The van der Waals surface area contributed by atoms with E-state index in [2.05, 4.69) is 20.8 Å². The second kappa shape index (κ2) is 9.15. The molecule has 0 unspecified atom stereocenters. The molecule has 0 spiro atoms. The Balaban J connectivity index is 2.11. The molecule has 0 saturated heterocycles. The van der Waals surface area contributed by atoms with Crippen LogP contribution in [-0.4, -0.2) is 62.2 Å². The van der Waals surface area contributed by atoms with Crippen molar-refractivity contribution in [3.8, 4) is 0 Å². The van der Waals surface area contributed by atoms with Gasteiger partial charge in [0.2, 0.25) is 17.7 Å². The molecule has 0 radical (unpaired) electrons. The van der Waals surface area contributed by atoms with Crippen molar-refractivity contribution in [2.75, 3.05) is 6.61 Å². The second-order valence-corrected chi connectivity index (χ2v) is 7.29. The van der Waals surface area contributed by atoms with Gasteiger partial charge in [-0.2, -0.15) is 0 Å². The average Bonchev–Trinajstić information content (AvgIpc) is 3.10. The Hall–Kier alpha value is -2.77. The lowest BCUT2D eigenvalue weighted by atomic mass is 9.69. The predicted octanol–water partition coefficient (Wildman–Crippen LogP) is -1.93. The molecule has 3 atom stereocenters. The summed E-state index contributed by atoms with van der Waals surface area (Å²) in [6.07, 6.45) is -0.512. The number of aliphatic hydroxyl groups is 2. The van der Waals surface area contributed by atoms with Gasteiger partial charge < -0.3 is 41.8 Å². The van der Waals surface area contributed by atoms with Crippen molar-refractivity contribution < 1.29 is 34.1 Å². The summed E-state index contributed by atoms with van der Waals surface area (Å²) < 4.78 is 5.59. The molecule has 1 heterocycles. The Morgan fingerprint density at radius 3 is 2.48 bits per heavy atom. The highest BCUT2D eigenvalue weighted by Gasteiger charge is 2.46. The highest BCUT2D eigenvalue weighted by molar-refractivity contribution is 5.83. The number of urea groups is 1. The summed E-state index contributed by atoms with van der Waals surface area (Å²) >= 11 is 0. The molecule has 13 heteroatoms. The summed E-state index contributed by atoms with van der Waals surface area (Å²) in [5, 5.41) is 40.0. The largest absolute Gasteiger partial charge is 0.480 e. The van der Waals surface area contributed by atoms with E-state index in [0.717, 1.165) is 0 Å². The molecule has 1 aliphatic carbocycles. The lowest BCUT2D eigenvalue weighted by Crippen LogP contribution is -2.51. The Kier molecular flexibility index (Phi) is 7.11. The minimum atomic E-state index is -1.54. The van der Waals surface area contributed by atoms with E-state index in [0.29, 0.717) is 12.8 Å². The quantitative estimate of drug-likeness (QED) is 0.224. The average molecular weight is 414 g/mol. The highest BCUT2D eigenvalue weighted by atomic mass is 16.4. The van der Waals surface area contributed by atoms with Crippen LogP contribution in [0.5, 0.6) is 0 Å². The number of carbonyl (C=O) groups excluding carboxylic acids is 2. The Morgan fingerprint density at radius 1 is 1.31 bits per heavy atom. The number of hydrogen-bond acceptors (Lipinski definition) is 9. The first-order valence-corrected chi connectivity index (χ1v) is 9.05. The van der Waals surface area contributed by atoms with Gasteiger partial charge in [-0.15, -0.1) is 10.2 Å². The molecule has 0 aliphatic heterocycles. The molecule has 1 aromatic rings. The fourth-order valence-corrected chi connectivity index (χ4v) is 3.12. The van der Waals surface area contributed by atoms with Crippen LogP contribution in [0.1, 0.15) is 50.4 Å². The Labute approximate surface area is 165 Å². The normalized spacial score (nSPS) is 24.1. The van der Waals surface area contributed by atoms with Gasteiger partial charge in [0.25, 0.3) is 0 Å². The van der Waals surface area contributed by atoms with E-state index in [-0.39, 0.29) is 37.1 Å². The molecular weight excluding hydrogens is 388 g/mol. The smallest absolute Gasteiger partial charge is 0.328 e. The van der Waals surface area contributed by atoms with Crippen LogP contribution in [0, 0.1) is 5.92 Å². The summed E-state index contributed by atoms with van der Waals surface area (Å²) in [4.78, 5) is 34.4. The minimum Gasteiger partial charge on any atom is -0.480 e. The van der Waals surface area contributed by atoms with Crippen LogP contribution in [0.2, 0.25) is 0 Å². The van der Waals surface area contributed by atoms with Gasteiger partial charge in [0.1, 0.15) is 6.04 Å². The molecule has 29 heavy (non-hydrogen) atoms. The van der Waals surface area contributed by atoms with Crippen LogP contribution < -0.4 is 22.1 Å². The number of carboxylic acid groups (broad SMARTS) is 1. The molecular formula is C16H26N6O7. The molecule has 1 fully saturated rings. The Morgan fingerprint density at radius 2 is 1.97 bits per heavy atom. The number of rotatable bonds is 10. The number of primary amides is 1. The number of nitrogens with two attached hydrogens (primary N) is 2. The summed E-state index contributed by atoms with van der Waals surface area (Å²) in [5.74, 6) is -1.89. The zero-order chi connectivity index (χ0) is 21.8. The molecule has 3 amide bonds. The number of aliphatic carboxylic acids is 1. The monoisotopic (exact) mass is 414 g/mol. The number of carboxylic acids is 1. The van der Waals surface area contributed by atoms with Crippen LogP contribution in [0.3, 0.4) is 0 Å². The van der Waals surface area contributed by atoms with E-state index in [1.807, 2.05) is 0 Å². The maximum Gasteiger partial charge on any atom is 0.328 e. The van der Waals surface area contributed by atoms with Gasteiger partial charge >= 0.3 is 12.0 Å². The fourth-order valence-electron chi connectivity index (χ4n) is 3.12. The van der Waals surface area contributed by atoms with Crippen LogP contribution in [0.25, 0.3) is 0 Å². The lowest BCUT2D eigenvalue weighted by Gasteiger charge is -2.41. The number of hydrogen-bond donors (Lipinski definition) is 7. The van der Waals surface area contributed by atoms with E-state index < -0.39 is 41.6 Å².